The van der Waals surface area contributed by atoms with Crippen LogP contribution in [0.15, 0.2) is 5.11 Å². The van der Waals surface area contributed by atoms with Gasteiger partial charge in [-0.25, -0.2) is 0 Å². The molecule has 0 aromatic heterocycles. The van der Waals surface area contributed by atoms with Gasteiger partial charge >= 0.3 is 0 Å². The lowest BCUT2D eigenvalue weighted by molar-refractivity contribution is 0.350. The van der Waals surface area contributed by atoms with Crippen LogP contribution in [0.2, 0.25) is 0 Å². The van der Waals surface area contributed by atoms with Crippen molar-refractivity contribution in [2.45, 2.75) is 25.7 Å². The van der Waals surface area contributed by atoms with E-state index in [1.165, 1.54) is 25.7 Å². The van der Waals surface area contributed by atoms with Crippen LogP contribution in [0, 0.1) is 17.8 Å². The molecule has 0 heterocycles. The van der Waals surface area contributed by atoms with Gasteiger partial charge in [0, 0.05) is 11.5 Å². The van der Waals surface area contributed by atoms with E-state index in [1.54, 1.807) is 0 Å². The van der Waals surface area contributed by atoms with E-state index >= 15 is 0 Å². The van der Waals surface area contributed by atoms with E-state index in [1.807, 2.05) is 0 Å². The summed E-state index contributed by atoms with van der Waals surface area (Å²) in [7, 11) is 0. The molecule has 0 radical (unpaired) electrons. The molecule has 60 valence electrons. The molecule has 0 aromatic rings. The maximum atomic E-state index is 8.13. The van der Waals surface area contributed by atoms with Gasteiger partial charge in [0.25, 0.3) is 0 Å². The highest BCUT2D eigenvalue weighted by Crippen LogP contribution is 2.51. The molecule has 0 aromatic carbocycles. The van der Waals surface area contributed by atoms with Gasteiger partial charge in [-0.15, -0.1) is 0 Å². The summed E-state index contributed by atoms with van der Waals surface area (Å²) >= 11 is 0. The van der Waals surface area contributed by atoms with E-state index in [0.29, 0.717) is 5.92 Å². The van der Waals surface area contributed by atoms with Crippen molar-refractivity contribution in [1.29, 1.82) is 0 Å². The van der Waals surface area contributed by atoms with E-state index in [4.69, 9.17) is 5.53 Å². The predicted octanol–water partition coefficient (Wildman–Crippen LogP) is 2.73. The first-order chi connectivity index (χ1) is 5.40. The number of hydrogen-bond donors (Lipinski definition) is 0. The van der Waals surface area contributed by atoms with Gasteiger partial charge in [-0.1, -0.05) is 11.5 Å². The maximum absolute atomic E-state index is 8.13. The van der Waals surface area contributed by atoms with Gasteiger partial charge in [0.05, 0.1) is 0 Å². The molecule has 3 heteroatoms. The monoisotopic (exact) mass is 151 g/mol. The number of nitrogens with zero attached hydrogens (tertiary/aromatic N) is 3. The van der Waals surface area contributed by atoms with Crippen LogP contribution < -0.4 is 0 Å². The minimum Gasteiger partial charge on any atom is -0.0937 e. The topological polar surface area (TPSA) is 48.8 Å². The zero-order valence-electron chi connectivity index (χ0n) is 6.61. The first kappa shape index (κ1) is 6.99. The standard InChI is InChI=1S/C8H13N3/c9-11-10-5-6-1-2-7-4-8(7)3-6/h6-8H,1-5H2/t6-,7-,8+/m1/s1. The Morgan fingerprint density at radius 2 is 2.18 bits per heavy atom. The minimum absolute atomic E-state index is 0.703. The average molecular weight is 151 g/mol. The summed E-state index contributed by atoms with van der Waals surface area (Å²) in [6.45, 7) is 0.736. The first-order valence-corrected chi connectivity index (χ1v) is 4.41. The second-order valence-corrected chi connectivity index (χ2v) is 3.85. The molecule has 0 unspecified atom stereocenters. The number of rotatable bonds is 2. The molecule has 0 aliphatic heterocycles. The average Bonchev–Trinajstić information content (AvgIpc) is 2.78. The van der Waals surface area contributed by atoms with E-state index in [2.05, 4.69) is 10.0 Å². The predicted molar refractivity (Wildman–Crippen MR) is 43.0 cm³/mol. The van der Waals surface area contributed by atoms with Crippen molar-refractivity contribution in [3.05, 3.63) is 10.4 Å². The first-order valence-electron chi connectivity index (χ1n) is 4.41. The minimum atomic E-state index is 0.703. The molecule has 0 amide bonds. The summed E-state index contributed by atoms with van der Waals surface area (Å²) in [5.41, 5.74) is 8.13. The van der Waals surface area contributed by atoms with Crippen molar-refractivity contribution in [3.8, 4) is 0 Å². The summed E-state index contributed by atoms with van der Waals surface area (Å²) in [5, 5.41) is 3.63. The Balaban J connectivity index is 1.80. The SMILES string of the molecule is [N-]=[N+]=NC[C@@H]1CC[C@@H]2C[C@@H]2C1. The highest BCUT2D eigenvalue weighted by molar-refractivity contribution is 4.92. The Morgan fingerprint density at radius 3 is 2.91 bits per heavy atom. The Labute approximate surface area is 66.4 Å². The zero-order valence-corrected chi connectivity index (χ0v) is 6.61. The van der Waals surface area contributed by atoms with Crippen molar-refractivity contribution < 1.29 is 0 Å². The van der Waals surface area contributed by atoms with Gasteiger partial charge in [0.1, 0.15) is 0 Å². The lowest BCUT2D eigenvalue weighted by Gasteiger charge is -2.18. The lowest BCUT2D eigenvalue weighted by Crippen LogP contribution is -2.10. The van der Waals surface area contributed by atoms with Crippen LogP contribution in [0.5, 0.6) is 0 Å². The van der Waals surface area contributed by atoms with Crippen LogP contribution in [-0.4, -0.2) is 6.54 Å². The maximum Gasteiger partial charge on any atom is 0.0286 e. The summed E-state index contributed by atoms with van der Waals surface area (Å²) in [4.78, 5) is 2.79. The quantitative estimate of drug-likeness (QED) is 0.331. The van der Waals surface area contributed by atoms with Gasteiger partial charge in [0.2, 0.25) is 0 Å². The number of fused-ring (bicyclic) bond motifs is 1. The van der Waals surface area contributed by atoms with E-state index < -0.39 is 0 Å². The van der Waals surface area contributed by atoms with Crippen LogP contribution in [0.25, 0.3) is 10.4 Å². The molecule has 2 rings (SSSR count). The molecule has 0 spiro atoms. The molecule has 2 aliphatic rings. The molecular formula is C8H13N3. The van der Waals surface area contributed by atoms with Crippen LogP contribution in [0.1, 0.15) is 25.7 Å². The van der Waals surface area contributed by atoms with Gasteiger partial charge < -0.3 is 0 Å². The Morgan fingerprint density at radius 1 is 1.27 bits per heavy atom. The molecular weight excluding hydrogens is 138 g/mol. The lowest BCUT2D eigenvalue weighted by atomic mass is 9.89. The highest BCUT2D eigenvalue weighted by atomic mass is 15.1. The van der Waals surface area contributed by atoms with Gasteiger partial charge in [-0.3, -0.25) is 0 Å². The van der Waals surface area contributed by atoms with Gasteiger partial charge in [-0.05, 0) is 42.5 Å². The zero-order chi connectivity index (χ0) is 7.68. The van der Waals surface area contributed by atoms with Crippen molar-refractivity contribution in [1.82, 2.24) is 0 Å². The van der Waals surface area contributed by atoms with E-state index in [-0.39, 0.29) is 0 Å². The van der Waals surface area contributed by atoms with Crippen molar-refractivity contribution >= 4 is 0 Å². The fraction of sp³-hybridized carbons (Fsp3) is 1.00. The summed E-state index contributed by atoms with van der Waals surface area (Å²) in [5.74, 6) is 2.76. The largest absolute Gasteiger partial charge is 0.0937 e. The number of azide groups is 1. The van der Waals surface area contributed by atoms with E-state index in [0.717, 1.165) is 18.4 Å². The summed E-state index contributed by atoms with van der Waals surface area (Å²) in [6, 6.07) is 0. The van der Waals surface area contributed by atoms with Crippen LogP contribution in [0.3, 0.4) is 0 Å². The van der Waals surface area contributed by atoms with Crippen LogP contribution in [0.4, 0.5) is 0 Å². The van der Waals surface area contributed by atoms with Gasteiger partial charge in [0.15, 0.2) is 0 Å². The fourth-order valence-corrected chi connectivity index (χ4v) is 2.27. The molecule has 2 aliphatic carbocycles. The molecule has 3 nitrogen and oxygen atoms in total. The summed E-state index contributed by atoms with van der Waals surface area (Å²) in [6.07, 6.45) is 5.45. The summed E-state index contributed by atoms with van der Waals surface area (Å²) < 4.78 is 0. The smallest absolute Gasteiger partial charge is 0.0286 e. The number of hydrogen-bond acceptors (Lipinski definition) is 1. The molecule has 2 fully saturated rings. The third-order valence-corrected chi connectivity index (χ3v) is 3.05. The Hall–Kier alpha value is -0.690. The van der Waals surface area contributed by atoms with Crippen molar-refractivity contribution in [2.75, 3.05) is 6.54 Å². The third-order valence-electron chi connectivity index (χ3n) is 3.05. The van der Waals surface area contributed by atoms with Crippen LogP contribution >= 0.6 is 0 Å². The Kier molecular flexibility index (Phi) is 1.74. The molecule has 0 N–H and O–H groups in total. The van der Waals surface area contributed by atoms with Crippen molar-refractivity contribution in [2.24, 2.45) is 22.9 Å². The fourth-order valence-electron chi connectivity index (χ4n) is 2.27. The second-order valence-electron chi connectivity index (χ2n) is 3.85. The highest BCUT2D eigenvalue weighted by Gasteiger charge is 2.41. The molecule has 0 bridgehead atoms. The van der Waals surface area contributed by atoms with Crippen molar-refractivity contribution in [3.63, 3.8) is 0 Å². The molecule has 3 atom stereocenters. The Bertz CT molecular complexity index is 196. The molecule has 11 heavy (non-hydrogen) atoms. The molecule has 2 saturated carbocycles. The molecule has 0 saturated heterocycles. The van der Waals surface area contributed by atoms with Crippen LogP contribution in [-0.2, 0) is 0 Å². The second kappa shape index (κ2) is 2.74. The normalized spacial score (nSPS) is 40.5. The van der Waals surface area contributed by atoms with Gasteiger partial charge in [-0.2, -0.15) is 0 Å². The van der Waals surface area contributed by atoms with E-state index in [9.17, 15) is 0 Å². The third kappa shape index (κ3) is 1.48.